The number of anilines is 1. The minimum atomic E-state index is -0.684. The van der Waals surface area contributed by atoms with Crippen molar-refractivity contribution in [2.45, 2.75) is 26.2 Å². The highest BCUT2D eigenvalue weighted by molar-refractivity contribution is 6.04. The number of carbonyl (C=O) groups excluding carboxylic acids is 1. The van der Waals surface area contributed by atoms with Crippen molar-refractivity contribution in [1.29, 1.82) is 0 Å². The Morgan fingerprint density at radius 1 is 1.10 bits per heavy atom. The molecule has 0 fully saturated rings. The summed E-state index contributed by atoms with van der Waals surface area (Å²) in [6.07, 6.45) is 0. The molecule has 0 saturated heterocycles. The second-order valence-electron chi connectivity index (χ2n) is 5.54. The molecule has 0 unspecified atom stereocenters. The van der Waals surface area contributed by atoms with E-state index in [0.717, 1.165) is 5.56 Å². The molecule has 0 amide bonds. The number of rotatable bonds is 3. The molecule has 104 valence electrons. The van der Waals surface area contributed by atoms with Gasteiger partial charge in [0.15, 0.2) is 5.78 Å². The third-order valence-electron chi connectivity index (χ3n) is 3.63. The maximum atomic E-state index is 13.1. The first-order valence-electron chi connectivity index (χ1n) is 6.49. The number of nitrogens with two attached hydrogens (primary N) is 1. The number of aryl methyl sites for hydroxylation is 1. The third kappa shape index (κ3) is 2.57. The Labute approximate surface area is 118 Å². The van der Waals surface area contributed by atoms with Crippen molar-refractivity contribution in [3.63, 3.8) is 0 Å². The molecule has 3 heteroatoms. The van der Waals surface area contributed by atoms with E-state index in [-0.39, 0.29) is 11.6 Å². The van der Waals surface area contributed by atoms with Gasteiger partial charge in [-0.25, -0.2) is 4.39 Å². The van der Waals surface area contributed by atoms with Gasteiger partial charge in [0.1, 0.15) is 5.82 Å². The molecule has 0 bridgehead atoms. The van der Waals surface area contributed by atoms with E-state index < -0.39 is 5.41 Å². The summed E-state index contributed by atoms with van der Waals surface area (Å²) in [6.45, 7) is 5.47. The molecule has 2 aromatic carbocycles. The summed E-state index contributed by atoms with van der Waals surface area (Å²) < 4.78 is 13.1. The van der Waals surface area contributed by atoms with Crippen LogP contribution in [0, 0.1) is 12.7 Å². The molecular formula is C17H18FNO. The van der Waals surface area contributed by atoms with Crippen LogP contribution in [-0.2, 0) is 5.41 Å². The van der Waals surface area contributed by atoms with Crippen molar-refractivity contribution in [2.75, 3.05) is 5.73 Å². The zero-order chi connectivity index (χ0) is 14.9. The molecule has 0 atom stereocenters. The fraction of sp³-hybridized carbons (Fsp3) is 0.235. The molecule has 0 radical (unpaired) electrons. The summed E-state index contributed by atoms with van der Waals surface area (Å²) in [6, 6.07) is 11.5. The summed E-state index contributed by atoms with van der Waals surface area (Å²) >= 11 is 0. The second kappa shape index (κ2) is 5.08. The maximum absolute atomic E-state index is 13.1. The van der Waals surface area contributed by atoms with Crippen molar-refractivity contribution in [2.24, 2.45) is 0 Å². The van der Waals surface area contributed by atoms with E-state index in [1.54, 1.807) is 25.1 Å². The average Bonchev–Trinajstić information content (AvgIpc) is 2.38. The van der Waals surface area contributed by atoms with E-state index >= 15 is 0 Å². The Hall–Kier alpha value is -2.16. The quantitative estimate of drug-likeness (QED) is 0.680. The highest BCUT2D eigenvalue weighted by Crippen LogP contribution is 2.29. The Balaban J connectivity index is 2.42. The fourth-order valence-electron chi connectivity index (χ4n) is 2.25. The van der Waals surface area contributed by atoms with Crippen LogP contribution in [0.3, 0.4) is 0 Å². The number of benzene rings is 2. The molecule has 2 N–H and O–H groups in total. The predicted molar refractivity (Wildman–Crippen MR) is 79.3 cm³/mol. The van der Waals surface area contributed by atoms with Crippen LogP contribution in [0.15, 0.2) is 42.5 Å². The van der Waals surface area contributed by atoms with Gasteiger partial charge in [-0.05, 0) is 62.2 Å². The summed E-state index contributed by atoms with van der Waals surface area (Å²) in [5, 5.41) is 0. The van der Waals surface area contributed by atoms with Gasteiger partial charge in [0, 0.05) is 11.3 Å². The number of halogens is 1. The number of carbonyl (C=O) groups is 1. The van der Waals surface area contributed by atoms with Crippen LogP contribution < -0.4 is 5.73 Å². The van der Waals surface area contributed by atoms with Crippen molar-refractivity contribution in [3.8, 4) is 0 Å². The summed E-state index contributed by atoms with van der Waals surface area (Å²) in [7, 11) is 0. The minimum absolute atomic E-state index is 0.0280. The average molecular weight is 271 g/mol. The van der Waals surface area contributed by atoms with Gasteiger partial charge < -0.3 is 5.73 Å². The Morgan fingerprint density at radius 2 is 1.70 bits per heavy atom. The first-order valence-corrected chi connectivity index (χ1v) is 6.49. The molecule has 0 saturated carbocycles. The van der Waals surface area contributed by atoms with Gasteiger partial charge in [0.2, 0.25) is 0 Å². The molecule has 2 rings (SSSR count). The van der Waals surface area contributed by atoms with E-state index in [4.69, 9.17) is 5.73 Å². The lowest BCUT2D eigenvalue weighted by atomic mass is 9.77. The van der Waals surface area contributed by atoms with Gasteiger partial charge in [-0.1, -0.05) is 12.1 Å². The topological polar surface area (TPSA) is 43.1 Å². The van der Waals surface area contributed by atoms with Crippen molar-refractivity contribution >= 4 is 11.5 Å². The molecular weight excluding hydrogens is 253 g/mol. The van der Waals surface area contributed by atoms with Gasteiger partial charge >= 0.3 is 0 Å². The van der Waals surface area contributed by atoms with Crippen LogP contribution in [0.4, 0.5) is 10.1 Å². The minimum Gasteiger partial charge on any atom is -0.399 e. The molecule has 2 aromatic rings. The van der Waals surface area contributed by atoms with Gasteiger partial charge in [0.25, 0.3) is 0 Å². The normalized spacial score (nSPS) is 11.4. The molecule has 20 heavy (non-hydrogen) atoms. The Bertz CT molecular complexity index is 645. The van der Waals surface area contributed by atoms with Gasteiger partial charge in [-0.3, -0.25) is 4.79 Å². The largest absolute Gasteiger partial charge is 0.399 e. The SMILES string of the molecule is Cc1cc(F)ccc1C(=O)C(C)(C)c1ccc(N)cc1. The Kier molecular flexibility index (Phi) is 3.62. The number of hydrogen-bond acceptors (Lipinski definition) is 2. The van der Waals surface area contributed by atoms with Crippen molar-refractivity contribution in [1.82, 2.24) is 0 Å². The first-order chi connectivity index (χ1) is 9.32. The molecule has 0 spiro atoms. The highest BCUT2D eigenvalue weighted by atomic mass is 19.1. The molecule has 0 heterocycles. The lowest BCUT2D eigenvalue weighted by Gasteiger charge is -2.24. The van der Waals surface area contributed by atoms with Crippen molar-refractivity contribution in [3.05, 3.63) is 65.0 Å². The van der Waals surface area contributed by atoms with Crippen molar-refractivity contribution < 1.29 is 9.18 Å². The van der Waals surface area contributed by atoms with Crippen LogP contribution in [0.5, 0.6) is 0 Å². The maximum Gasteiger partial charge on any atom is 0.173 e. The van der Waals surface area contributed by atoms with Crippen LogP contribution in [0.25, 0.3) is 0 Å². The first kappa shape index (κ1) is 14.3. The van der Waals surface area contributed by atoms with Crippen LogP contribution in [-0.4, -0.2) is 5.78 Å². The molecule has 2 nitrogen and oxygen atoms in total. The molecule has 0 aromatic heterocycles. The van der Waals surface area contributed by atoms with E-state index in [2.05, 4.69) is 0 Å². The number of Topliss-reactive ketones (excluding diaryl/α,β-unsaturated/α-hetero) is 1. The molecule has 0 aliphatic heterocycles. The predicted octanol–water partition coefficient (Wildman–Crippen LogP) is 3.88. The van der Waals surface area contributed by atoms with E-state index in [1.807, 2.05) is 26.0 Å². The zero-order valence-corrected chi connectivity index (χ0v) is 11.9. The lowest BCUT2D eigenvalue weighted by molar-refractivity contribution is 0.0908. The van der Waals surface area contributed by atoms with E-state index in [0.29, 0.717) is 16.8 Å². The smallest absolute Gasteiger partial charge is 0.173 e. The van der Waals surface area contributed by atoms with Crippen LogP contribution >= 0.6 is 0 Å². The number of ketones is 1. The van der Waals surface area contributed by atoms with Gasteiger partial charge in [-0.15, -0.1) is 0 Å². The Morgan fingerprint density at radius 3 is 2.25 bits per heavy atom. The number of nitrogen functional groups attached to an aromatic ring is 1. The van der Waals surface area contributed by atoms with E-state index in [1.165, 1.54) is 12.1 Å². The standard InChI is InChI=1S/C17H18FNO/c1-11-10-13(18)6-9-15(11)16(20)17(2,3)12-4-7-14(19)8-5-12/h4-10H,19H2,1-3H3. The molecule has 0 aliphatic carbocycles. The summed E-state index contributed by atoms with van der Waals surface area (Å²) in [5.74, 6) is -0.357. The molecule has 0 aliphatic rings. The third-order valence-corrected chi connectivity index (χ3v) is 3.63. The van der Waals surface area contributed by atoms with Gasteiger partial charge in [0.05, 0.1) is 5.41 Å². The van der Waals surface area contributed by atoms with Crippen LogP contribution in [0.1, 0.15) is 35.3 Å². The highest BCUT2D eigenvalue weighted by Gasteiger charge is 2.31. The lowest BCUT2D eigenvalue weighted by Crippen LogP contribution is -2.29. The second-order valence-corrected chi connectivity index (χ2v) is 5.54. The van der Waals surface area contributed by atoms with Gasteiger partial charge in [-0.2, -0.15) is 0 Å². The summed E-state index contributed by atoms with van der Waals surface area (Å²) in [4.78, 5) is 12.7. The zero-order valence-electron chi connectivity index (χ0n) is 11.9. The van der Waals surface area contributed by atoms with E-state index in [9.17, 15) is 9.18 Å². The fourth-order valence-corrected chi connectivity index (χ4v) is 2.25. The van der Waals surface area contributed by atoms with Crippen LogP contribution in [0.2, 0.25) is 0 Å². The summed E-state index contributed by atoms with van der Waals surface area (Å²) in [5.41, 5.74) is 7.74. The monoisotopic (exact) mass is 271 g/mol. The number of hydrogen-bond donors (Lipinski definition) is 1.